The zero-order valence-electron chi connectivity index (χ0n) is 14.8. The van der Waals surface area contributed by atoms with E-state index in [1.807, 2.05) is 31.3 Å². The maximum Gasteiger partial charge on any atom is 0.193 e. The molecule has 0 saturated carbocycles. The molecule has 1 N–H and O–H groups in total. The summed E-state index contributed by atoms with van der Waals surface area (Å²) in [5.41, 5.74) is 1.85. The predicted octanol–water partition coefficient (Wildman–Crippen LogP) is 2.67. The molecule has 1 fully saturated rings. The highest BCUT2D eigenvalue weighted by Crippen LogP contribution is 2.15. The molecule has 1 aliphatic rings. The van der Waals surface area contributed by atoms with Gasteiger partial charge in [0.25, 0.3) is 0 Å². The monoisotopic (exact) mass is 441 g/mol. The second-order valence-corrected chi connectivity index (χ2v) is 5.82. The summed E-state index contributed by atoms with van der Waals surface area (Å²) >= 11 is 0. The predicted molar refractivity (Wildman–Crippen MR) is 110 cm³/mol. The molecule has 24 heavy (non-hydrogen) atoms. The molecule has 0 bridgehead atoms. The lowest BCUT2D eigenvalue weighted by molar-refractivity contribution is 0.223. The standard InChI is InChI=1S/C18H27N5.HI/c1-4-22(5-2)17-10-11-23(14-17)18(20-3)21-13-16-8-6-15(12-19)7-9-16;/h6-9,17H,4-5,10-11,13-14H2,1-3H3,(H,20,21);1H. The topological polar surface area (TPSA) is 54.7 Å². The lowest BCUT2D eigenvalue weighted by atomic mass is 10.1. The van der Waals surface area contributed by atoms with Gasteiger partial charge >= 0.3 is 0 Å². The van der Waals surface area contributed by atoms with Crippen LogP contribution in [0, 0.1) is 11.3 Å². The van der Waals surface area contributed by atoms with Crippen LogP contribution in [-0.4, -0.2) is 55.0 Å². The summed E-state index contributed by atoms with van der Waals surface area (Å²) in [6.07, 6.45) is 1.19. The quantitative estimate of drug-likeness (QED) is 0.434. The van der Waals surface area contributed by atoms with E-state index in [0.717, 1.165) is 44.2 Å². The zero-order chi connectivity index (χ0) is 16.7. The fourth-order valence-electron chi connectivity index (χ4n) is 3.18. The molecule has 0 aliphatic carbocycles. The Labute approximate surface area is 162 Å². The van der Waals surface area contributed by atoms with Crippen molar-refractivity contribution >= 4 is 29.9 Å². The summed E-state index contributed by atoms with van der Waals surface area (Å²) in [6, 6.07) is 10.4. The number of likely N-dealkylation sites (tertiary alicyclic amines) is 1. The number of likely N-dealkylation sites (N-methyl/N-ethyl adjacent to an activating group) is 1. The van der Waals surface area contributed by atoms with Crippen molar-refractivity contribution in [1.29, 1.82) is 5.26 Å². The van der Waals surface area contributed by atoms with Crippen LogP contribution < -0.4 is 5.32 Å². The molecular formula is C18H28IN5. The van der Waals surface area contributed by atoms with Crippen LogP contribution in [0.3, 0.4) is 0 Å². The molecule has 0 amide bonds. The van der Waals surface area contributed by atoms with Crippen LogP contribution in [0.2, 0.25) is 0 Å². The van der Waals surface area contributed by atoms with E-state index >= 15 is 0 Å². The van der Waals surface area contributed by atoms with Crippen molar-refractivity contribution in [1.82, 2.24) is 15.1 Å². The van der Waals surface area contributed by atoms with Crippen LogP contribution in [-0.2, 0) is 6.54 Å². The van der Waals surface area contributed by atoms with Gasteiger partial charge in [0.1, 0.15) is 0 Å². The Hall–Kier alpha value is -1.33. The highest BCUT2D eigenvalue weighted by Gasteiger charge is 2.27. The van der Waals surface area contributed by atoms with E-state index in [1.54, 1.807) is 0 Å². The largest absolute Gasteiger partial charge is 0.352 e. The van der Waals surface area contributed by atoms with E-state index < -0.39 is 0 Å². The second kappa shape index (κ2) is 10.5. The number of nitrogens with one attached hydrogen (secondary N) is 1. The third-order valence-corrected chi connectivity index (χ3v) is 4.54. The molecule has 2 rings (SSSR count). The number of guanidine groups is 1. The average Bonchev–Trinajstić information content (AvgIpc) is 3.07. The van der Waals surface area contributed by atoms with Crippen LogP contribution in [0.1, 0.15) is 31.4 Å². The molecule has 0 radical (unpaired) electrons. The molecule has 1 atom stereocenters. The molecule has 1 saturated heterocycles. The number of aliphatic imine (C=N–C) groups is 1. The Morgan fingerprint density at radius 2 is 2.00 bits per heavy atom. The van der Waals surface area contributed by atoms with Gasteiger partial charge in [-0.05, 0) is 37.2 Å². The normalized spacial score (nSPS) is 17.5. The average molecular weight is 441 g/mol. The SMILES string of the molecule is CCN(CC)C1CCN(C(=NC)NCc2ccc(C#N)cc2)C1.I. The molecule has 1 aromatic rings. The number of rotatable bonds is 5. The summed E-state index contributed by atoms with van der Waals surface area (Å²) in [6.45, 7) is 9.47. The first kappa shape index (κ1) is 20.7. The number of hydrogen-bond donors (Lipinski definition) is 1. The van der Waals surface area contributed by atoms with Gasteiger partial charge in [0.2, 0.25) is 0 Å². The summed E-state index contributed by atoms with van der Waals surface area (Å²) in [5, 5.41) is 12.3. The van der Waals surface area contributed by atoms with E-state index in [0.29, 0.717) is 11.6 Å². The van der Waals surface area contributed by atoms with Gasteiger partial charge in [-0.1, -0.05) is 26.0 Å². The van der Waals surface area contributed by atoms with E-state index in [4.69, 9.17) is 5.26 Å². The fourth-order valence-corrected chi connectivity index (χ4v) is 3.18. The van der Waals surface area contributed by atoms with Crippen LogP contribution in [0.4, 0.5) is 0 Å². The molecule has 1 aromatic carbocycles. The van der Waals surface area contributed by atoms with Gasteiger partial charge in [-0.25, -0.2) is 0 Å². The summed E-state index contributed by atoms with van der Waals surface area (Å²) in [7, 11) is 1.84. The van der Waals surface area contributed by atoms with E-state index in [-0.39, 0.29) is 24.0 Å². The maximum atomic E-state index is 8.84. The number of hydrogen-bond acceptors (Lipinski definition) is 3. The Morgan fingerprint density at radius 1 is 1.33 bits per heavy atom. The minimum atomic E-state index is 0. The Balaban J connectivity index is 0.00000288. The first-order valence-corrected chi connectivity index (χ1v) is 8.40. The molecule has 0 aromatic heterocycles. The van der Waals surface area contributed by atoms with Crippen molar-refractivity contribution < 1.29 is 0 Å². The minimum absolute atomic E-state index is 0. The second-order valence-electron chi connectivity index (χ2n) is 5.82. The van der Waals surface area contributed by atoms with Gasteiger partial charge in [0, 0.05) is 32.7 Å². The van der Waals surface area contributed by atoms with Crippen LogP contribution in [0.5, 0.6) is 0 Å². The van der Waals surface area contributed by atoms with E-state index in [2.05, 4.69) is 40.0 Å². The first-order chi connectivity index (χ1) is 11.2. The molecular weight excluding hydrogens is 413 g/mol. The van der Waals surface area contributed by atoms with Gasteiger partial charge in [-0.3, -0.25) is 9.89 Å². The highest BCUT2D eigenvalue weighted by molar-refractivity contribution is 14.0. The fraction of sp³-hybridized carbons (Fsp3) is 0.556. The minimum Gasteiger partial charge on any atom is -0.352 e. The van der Waals surface area contributed by atoms with Crippen LogP contribution in [0.25, 0.3) is 0 Å². The van der Waals surface area contributed by atoms with Crippen molar-refractivity contribution in [2.24, 2.45) is 4.99 Å². The first-order valence-electron chi connectivity index (χ1n) is 8.40. The smallest absolute Gasteiger partial charge is 0.193 e. The van der Waals surface area contributed by atoms with Crippen molar-refractivity contribution in [2.45, 2.75) is 32.9 Å². The Bertz CT molecular complexity index is 560. The van der Waals surface area contributed by atoms with Crippen molar-refractivity contribution in [2.75, 3.05) is 33.2 Å². The van der Waals surface area contributed by atoms with Crippen molar-refractivity contribution in [3.8, 4) is 6.07 Å². The molecule has 5 nitrogen and oxygen atoms in total. The molecule has 6 heteroatoms. The van der Waals surface area contributed by atoms with Crippen LogP contribution >= 0.6 is 24.0 Å². The van der Waals surface area contributed by atoms with Gasteiger partial charge in [-0.2, -0.15) is 5.26 Å². The lowest BCUT2D eigenvalue weighted by Gasteiger charge is -2.27. The van der Waals surface area contributed by atoms with Gasteiger partial charge < -0.3 is 10.2 Å². The highest BCUT2D eigenvalue weighted by atomic mass is 127. The molecule has 0 spiro atoms. The molecule has 1 aliphatic heterocycles. The molecule has 1 unspecified atom stereocenters. The van der Waals surface area contributed by atoms with Crippen molar-refractivity contribution in [3.63, 3.8) is 0 Å². The number of nitrogens with zero attached hydrogens (tertiary/aromatic N) is 4. The molecule has 132 valence electrons. The third kappa shape index (κ3) is 5.35. The van der Waals surface area contributed by atoms with Gasteiger partial charge in [0.05, 0.1) is 11.6 Å². The summed E-state index contributed by atoms with van der Waals surface area (Å²) < 4.78 is 0. The Kier molecular flexibility index (Phi) is 9.08. The third-order valence-electron chi connectivity index (χ3n) is 4.54. The van der Waals surface area contributed by atoms with Crippen molar-refractivity contribution in [3.05, 3.63) is 35.4 Å². The van der Waals surface area contributed by atoms with Gasteiger partial charge in [0.15, 0.2) is 5.96 Å². The number of nitriles is 1. The number of halogens is 1. The lowest BCUT2D eigenvalue weighted by Crippen LogP contribution is -2.43. The van der Waals surface area contributed by atoms with E-state index in [1.165, 1.54) is 6.42 Å². The summed E-state index contributed by atoms with van der Waals surface area (Å²) in [4.78, 5) is 9.29. The van der Waals surface area contributed by atoms with Crippen LogP contribution in [0.15, 0.2) is 29.3 Å². The Morgan fingerprint density at radius 3 is 2.54 bits per heavy atom. The maximum absolute atomic E-state index is 8.84. The zero-order valence-corrected chi connectivity index (χ0v) is 17.2. The van der Waals surface area contributed by atoms with Gasteiger partial charge in [-0.15, -0.1) is 24.0 Å². The number of benzene rings is 1. The molecule has 1 heterocycles. The summed E-state index contributed by atoms with van der Waals surface area (Å²) in [5.74, 6) is 0.962. The van der Waals surface area contributed by atoms with E-state index in [9.17, 15) is 0 Å².